The zero-order chi connectivity index (χ0) is 20.5. The molecule has 1 heterocycles. The fourth-order valence-electron chi connectivity index (χ4n) is 2.95. The first-order valence-electron chi connectivity index (χ1n) is 9.54. The first-order chi connectivity index (χ1) is 14.2. The van der Waals surface area contributed by atoms with Crippen molar-refractivity contribution >= 4 is 11.6 Å². The van der Waals surface area contributed by atoms with Gasteiger partial charge in [-0.05, 0) is 30.2 Å². The van der Waals surface area contributed by atoms with Crippen LogP contribution in [-0.2, 0) is 13.1 Å². The van der Waals surface area contributed by atoms with Crippen molar-refractivity contribution in [3.8, 4) is 11.5 Å². The molecule has 152 valence electrons. The average molecular weight is 393 g/mol. The topological polar surface area (TPSA) is 72.7 Å². The lowest BCUT2D eigenvalue weighted by Crippen LogP contribution is -2.30. The summed E-state index contributed by atoms with van der Waals surface area (Å²) >= 11 is 0. The van der Waals surface area contributed by atoms with Gasteiger partial charge in [0.05, 0.1) is 20.0 Å². The molecule has 0 radical (unpaired) electrons. The van der Waals surface area contributed by atoms with Crippen molar-refractivity contribution in [2.75, 3.05) is 26.1 Å². The Labute approximate surface area is 171 Å². The largest absolute Gasteiger partial charge is 0.493 e. The fourth-order valence-corrected chi connectivity index (χ4v) is 2.95. The van der Waals surface area contributed by atoms with E-state index in [-0.39, 0.29) is 0 Å². The molecule has 0 saturated heterocycles. The molecule has 2 aromatic carbocycles. The summed E-state index contributed by atoms with van der Waals surface area (Å²) < 4.78 is 13.0. The van der Waals surface area contributed by atoms with E-state index in [1.54, 1.807) is 20.4 Å². The molecule has 0 aliphatic rings. The standard InChI is InChI=1S/C22H27N5O2/c1-4-29-21-13-19(8-9-20(21)28-3)26-22(23-2)25-14-17-6-5-7-18(12-17)15-27-11-10-24-16-27/h5-13,16H,4,14-15H2,1-3H3,(H2,23,25,26). The molecule has 0 bridgehead atoms. The Bertz CT molecular complexity index is 938. The van der Waals surface area contributed by atoms with Crippen molar-refractivity contribution in [3.05, 3.63) is 72.3 Å². The molecule has 0 atom stereocenters. The van der Waals surface area contributed by atoms with E-state index >= 15 is 0 Å². The van der Waals surface area contributed by atoms with Gasteiger partial charge in [0.2, 0.25) is 0 Å². The van der Waals surface area contributed by atoms with Crippen LogP contribution < -0.4 is 20.1 Å². The van der Waals surface area contributed by atoms with Gasteiger partial charge in [-0.1, -0.05) is 24.3 Å². The van der Waals surface area contributed by atoms with Gasteiger partial charge >= 0.3 is 0 Å². The first kappa shape index (κ1) is 20.3. The Morgan fingerprint density at radius 3 is 2.72 bits per heavy atom. The summed E-state index contributed by atoms with van der Waals surface area (Å²) in [5, 5.41) is 6.64. The highest BCUT2D eigenvalue weighted by Crippen LogP contribution is 2.30. The molecule has 0 fully saturated rings. The smallest absolute Gasteiger partial charge is 0.195 e. The number of ether oxygens (including phenoxy) is 2. The number of aliphatic imine (C=N–C) groups is 1. The molecule has 29 heavy (non-hydrogen) atoms. The minimum atomic E-state index is 0.572. The molecule has 7 nitrogen and oxygen atoms in total. The lowest BCUT2D eigenvalue weighted by molar-refractivity contribution is 0.311. The van der Waals surface area contributed by atoms with E-state index in [4.69, 9.17) is 9.47 Å². The average Bonchev–Trinajstić information content (AvgIpc) is 3.25. The molecular weight excluding hydrogens is 366 g/mol. The predicted octanol–water partition coefficient (Wildman–Crippen LogP) is 3.53. The maximum absolute atomic E-state index is 5.64. The number of nitrogens with zero attached hydrogens (tertiary/aromatic N) is 3. The lowest BCUT2D eigenvalue weighted by Gasteiger charge is -2.15. The van der Waals surface area contributed by atoms with E-state index in [2.05, 4.69) is 44.9 Å². The third-order valence-electron chi connectivity index (χ3n) is 4.33. The Morgan fingerprint density at radius 1 is 1.14 bits per heavy atom. The van der Waals surface area contributed by atoms with Gasteiger partial charge in [0.15, 0.2) is 17.5 Å². The number of nitrogens with one attached hydrogen (secondary N) is 2. The van der Waals surface area contributed by atoms with Crippen molar-refractivity contribution < 1.29 is 9.47 Å². The lowest BCUT2D eigenvalue weighted by atomic mass is 10.1. The summed E-state index contributed by atoms with van der Waals surface area (Å²) in [6.45, 7) is 3.97. The van der Waals surface area contributed by atoms with Gasteiger partial charge in [-0.2, -0.15) is 0 Å². The van der Waals surface area contributed by atoms with Crippen LogP contribution in [0.1, 0.15) is 18.1 Å². The summed E-state index contributed by atoms with van der Waals surface area (Å²) in [4.78, 5) is 8.40. The monoisotopic (exact) mass is 393 g/mol. The number of benzene rings is 2. The summed E-state index contributed by atoms with van der Waals surface area (Å²) in [6.07, 6.45) is 5.57. The van der Waals surface area contributed by atoms with E-state index in [9.17, 15) is 0 Å². The number of hydrogen-bond acceptors (Lipinski definition) is 4. The van der Waals surface area contributed by atoms with Crippen LogP contribution in [-0.4, -0.2) is 36.3 Å². The second kappa shape index (κ2) is 10.2. The Hall–Kier alpha value is -3.48. The van der Waals surface area contributed by atoms with E-state index in [1.165, 1.54) is 11.1 Å². The summed E-state index contributed by atoms with van der Waals surface area (Å²) in [5.41, 5.74) is 3.27. The van der Waals surface area contributed by atoms with Gasteiger partial charge in [-0.25, -0.2) is 4.98 Å². The van der Waals surface area contributed by atoms with Crippen molar-refractivity contribution in [2.45, 2.75) is 20.0 Å². The normalized spacial score (nSPS) is 11.2. The zero-order valence-electron chi connectivity index (χ0n) is 17.1. The van der Waals surface area contributed by atoms with Crippen LogP contribution in [0.2, 0.25) is 0 Å². The number of aromatic nitrogens is 2. The molecule has 7 heteroatoms. The fraction of sp³-hybridized carbons (Fsp3) is 0.273. The highest BCUT2D eigenvalue weighted by atomic mass is 16.5. The van der Waals surface area contributed by atoms with Crippen molar-refractivity contribution in [1.29, 1.82) is 0 Å². The molecule has 0 amide bonds. The number of guanidine groups is 1. The van der Waals surface area contributed by atoms with E-state index in [0.717, 1.165) is 12.2 Å². The van der Waals surface area contributed by atoms with Crippen LogP contribution in [0.4, 0.5) is 5.69 Å². The zero-order valence-corrected chi connectivity index (χ0v) is 17.1. The van der Waals surface area contributed by atoms with Gasteiger partial charge < -0.3 is 24.7 Å². The van der Waals surface area contributed by atoms with Crippen LogP contribution in [0.25, 0.3) is 0 Å². The van der Waals surface area contributed by atoms with Gasteiger partial charge in [0.1, 0.15) is 0 Å². The molecule has 3 aromatic rings. The highest BCUT2D eigenvalue weighted by molar-refractivity contribution is 5.93. The number of methoxy groups -OCH3 is 1. The minimum Gasteiger partial charge on any atom is -0.493 e. The molecule has 0 saturated carbocycles. The maximum Gasteiger partial charge on any atom is 0.195 e. The number of rotatable bonds is 8. The maximum atomic E-state index is 5.64. The highest BCUT2D eigenvalue weighted by Gasteiger charge is 2.07. The quantitative estimate of drug-likeness (QED) is 0.452. The minimum absolute atomic E-state index is 0.572. The first-order valence-corrected chi connectivity index (χ1v) is 9.54. The van der Waals surface area contributed by atoms with Gasteiger partial charge in [-0.15, -0.1) is 0 Å². The molecule has 1 aromatic heterocycles. The molecular formula is C22H27N5O2. The molecule has 0 aliphatic carbocycles. The van der Waals surface area contributed by atoms with Gasteiger partial charge in [0.25, 0.3) is 0 Å². The van der Waals surface area contributed by atoms with Crippen molar-refractivity contribution in [2.24, 2.45) is 4.99 Å². The van der Waals surface area contributed by atoms with E-state index in [0.29, 0.717) is 30.6 Å². The Kier molecular flexibility index (Phi) is 7.10. The molecule has 0 spiro atoms. The van der Waals surface area contributed by atoms with Crippen LogP contribution in [0, 0.1) is 0 Å². The van der Waals surface area contributed by atoms with Crippen LogP contribution in [0.3, 0.4) is 0 Å². The summed E-state index contributed by atoms with van der Waals surface area (Å²) in [5.74, 6) is 2.08. The summed E-state index contributed by atoms with van der Waals surface area (Å²) in [7, 11) is 3.38. The van der Waals surface area contributed by atoms with Gasteiger partial charge in [0, 0.05) is 44.3 Å². The van der Waals surface area contributed by atoms with Crippen LogP contribution >= 0.6 is 0 Å². The Morgan fingerprint density at radius 2 is 2.00 bits per heavy atom. The second-order valence-corrected chi connectivity index (χ2v) is 6.40. The number of imidazole rings is 1. The van der Waals surface area contributed by atoms with Gasteiger partial charge in [-0.3, -0.25) is 4.99 Å². The van der Waals surface area contributed by atoms with E-state index in [1.807, 2.05) is 42.2 Å². The third kappa shape index (κ3) is 5.75. The predicted molar refractivity (Wildman–Crippen MR) is 116 cm³/mol. The van der Waals surface area contributed by atoms with Crippen molar-refractivity contribution in [3.63, 3.8) is 0 Å². The molecule has 0 unspecified atom stereocenters. The third-order valence-corrected chi connectivity index (χ3v) is 4.33. The molecule has 0 aliphatic heterocycles. The number of anilines is 1. The van der Waals surface area contributed by atoms with Crippen LogP contribution in [0.5, 0.6) is 11.5 Å². The molecule has 3 rings (SSSR count). The second-order valence-electron chi connectivity index (χ2n) is 6.40. The SMILES string of the molecule is CCOc1cc(NC(=NC)NCc2cccc(Cn3ccnc3)c2)ccc1OC. The van der Waals surface area contributed by atoms with Crippen LogP contribution in [0.15, 0.2) is 66.2 Å². The number of hydrogen-bond donors (Lipinski definition) is 2. The summed E-state index contributed by atoms with van der Waals surface area (Å²) in [6, 6.07) is 14.2. The Balaban J connectivity index is 1.61. The molecule has 2 N–H and O–H groups in total. The van der Waals surface area contributed by atoms with E-state index < -0.39 is 0 Å². The van der Waals surface area contributed by atoms with Crippen molar-refractivity contribution in [1.82, 2.24) is 14.9 Å².